The number of carbonyl (C=O) groups is 1. The van der Waals surface area contributed by atoms with E-state index in [4.69, 9.17) is 14.6 Å². The Morgan fingerprint density at radius 1 is 1.38 bits per heavy atom. The number of methoxy groups -OCH3 is 1. The molecule has 116 valence electrons. The summed E-state index contributed by atoms with van der Waals surface area (Å²) in [6, 6.07) is 5.45. The number of hydrogen-bond acceptors (Lipinski definition) is 4. The predicted molar refractivity (Wildman–Crippen MR) is 79.4 cm³/mol. The SMILES string of the molecule is COc1cc(CO)ccc1OC(C)C(=O)NC1CCCC1. The molecule has 1 fully saturated rings. The van der Waals surface area contributed by atoms with Crippen LogP contribution in [0.4, 0.5) is 0 Å². The summed E-state index contributed by atoms with van der Waals surface area (Å²) in [5.74, 6) is 0.918. The van der Waals surface area contributed by atoms with Crippen molar-refractivity contribution in [2.75, 3.05) is 7.11 Å². The van der Waals surface area contributed by atoms with Gasteiger partial charge in [-0.05, 0) is 37.5 Å². The van der Waals surface area contributed by atoms with Gasteiger partial charge in [-0.25, -0.2) is 0 Å². The second-order valence-corrected chi connectivity index (χ2v) is 5.39. The first-order valence-corrected chi connectivity index (χ1v) is 7.39. The van der Waals surface area contributed by atoms with Gasteiger partial charge in [0.1, 0.15) is 0 Å². The zero-order valence-electron chi connectivity index (χ0n) is 12.6. The quantitative estimate of drug-likeness (QED) is 0.842. The molecule has 1 aliphatic carbocycles. The van der Waals surface area contributed by atoms with Gasteiger partial charge in [-0.1, -0.05) is 18.9 Å². The van der Waals surface area contributed by atoms with Crippen LogP contribution in [0.25, 0.3) is 0 Å². The third-order valence-electron chi connectivity index (χ3n) is 3.79. The van der Waals surface area contributed by atoms with Crippen molar-refractivity contribution in [3.63, 3.8) is 0 Å². The van der Waals surface area contributed by atoms with E-state index in [0.717, 1.165) is 18.4 Å². The number of aliphatic hydroxyl groups excluding tert-OH is 1. The van der Waals surface area contributed by atoms with Gasteiger partial charge in [0.25, 0.3) is 5.91 Å². The number of amides is 1. The van der Waals surface area contributed by atoms with Crippen LogP contribution < -0.4 is 14.8 Å². The van der Waals surface area contributed by atoms with E-state index in [9.17, 15) is 4.79 Å². The lowest BCUT2D eigenvalue weighted by Gasteiger charge is -2.19. The van der Waals surface area contributed by atoms with Gasteiger partial charge in [0, 0.05) is 6.04 Å². The molecule has 0 bridgehead atoms. The third-order valence-corrected chi connectivity index (χ3v) is 3.79. The number of rotatable bonds is 6. The van der Waals surface area contributed by atoms with Crippen molar-refractivity contribution in [1.82, 2.24) is 5.32 Å². The molecule has 2 N–H and O–H groups in total. The van der Waals surface area contributed by atoms with Crippen molar-refractivity contribution >= 4 is 5.91 Å². The van der Waals surface area contributed by atoms with E-state index in [-0.39, 0.29) is 18.6 Å². The van der Waals surface area contributed by atoms with E-state index in [2.05, 4.69) is 5.32 Å². The number of hydrogen-bond donors (Lipinski definition) is 2. The normalized spacial score (nSPS) is 16.5. The van der Waals surface area contributed by atoms with Crippen LogP contribution in [0.1, 0.15) is 38.2 Å². The van der Waals surface area contributed by atoms with E-state index >= 15 is 0 Å². The summed E-state index contributed by atoms with van der Waals surface area (Å²) in [5.41, 5.74) is 0.738. The molecule has 5 nitrogen and oxygen atoms in total. The fourth-order valence-electron chi connectivity index (χ4n) is 2.54. The van der Waals surface area contributed by atoms with Crippen molar-refractivity contribution in [3.8, 4) is 11.5 Å². The van der Waals surface area contributed by atoms with Gasteiger partial charge in [-0.3, -0.25) is 4.79 Å². The number of aliphatic hydroxyl groups is 1. The first kappa shape index (κ1) is 15.6. The van der Waals surface area contributed by atoms with Gasteiger partial charge in [0.05, 0.1) is 13.7 Å². The van der Waals surface area contributed by atoms with Gasteiger partial charge < -0.3 is 19.9 Å². The van der Waals surface area contributed by atoms with Crippen LogP contribution in [-0.4, -0.2) is 30.3 Å². The van der Waals surface area contributed by atoms with Crippen LogP contribution in [0.15, 0.2) is 18.2 Å². The van der Waals surface area contributed by atoms with Gasteiger partial charge in [-0.15, -0.1) is 0 Å². The highest BCUT2D eigenvalue weighted by Crippen LogP contribution is 2.29. The lowest BCUT2D eigenvalue weighted by Crippen LogP contribution is -2.41. The maximum absolute atomic E-state index is 12.1. The highest BCUT2D eigenvalue weighted by atomic mass is 16.5. The molecule has 1 saturated carbocycles. The van der Waals surface area contributed by atoms with E-state index < -0.39 is 6.10 Å². The van der Waals surface area contributed by atoms with Crippen LogP contribution in [0.2, 0.25) is 0 Å². The van der Waals surface area contributed by atoms with Crippen molar-refractivity contribution < 1.29 is 19.4 Å². The average Bonchev–Trinajstić information content (AvgIpc) is 3.00. The Bertz CT molecular complexity index is 483. The zero-order valence-corrected chi connectivity index (χ0v) is 12.6. The minimum atomic E-state index is -0.584. The van der Waals surface area contributed by atoms with Crippen molar-refractivity contribution in [2.45, 2.75) is 51.4 Å². The highest BCUT2D eigenvalue weighted by Gasteiger charge is 2.22. The molecule has 0 aliphatic heterocycles. The molecule has 1 aromatic carbocycles. The van der Waals surface area contributed by atoms with Crippen molar-refractivity contribution in [2.24, 2.45) is 0 Å². The molecule has 5 heteroatoms. The summed E-state index contributed by atoms with van der Waals surface area (Å²) in [6.45, 7) is 1.66. The number of benzene rings is 1. The summed E-state index contributed by atoms with van der Waals surface area (Å²) < 4.78 is 10.9. The Kier molecular flexibility index (Phi) is 5.44. The topological polar surface area (TPSA) is 67.8 Å². The van der Waals surface area contributed by atoms with E-state index in [1.54, 1.807) is 25.1 Å². The standard InChI is InChI=1S/C16H23NO4/c1-11(16(19)17-13-5-3-4-6-13)21-14-8-7-12(10-18)9-15(14)20-2/h7-9,11,13,18H,3-6,10H2,1-2H3,(H,17,19). The number of nitrogens with one attached hydrogen (secondary N) is 1. The van der Waals surface area contributed by atoms with Crippen LogP contribution in [-0.2, 0) is 11.4 Å². The lowest BCUT2D eigenvalue weighted by molar-refractivity contribution is -0.128. The Labute approximate surface area is 125 Å². The Morgan fingerprint density at radius 3 is 2.71 bits per heavy atom. The van der Waals surface area contributed by atoms with Gasteiger partial charge in [0.2, 0.25) is 0 Å². The molecular weight excluding hydrogens is 270 g/mol. The summed E-state index contributed by atoms with van der Waals surface area (Å²) in [4.78, 5) is 12.1. The number of ether oxygens (including phenoxy) is 2. The summed E-state index contributed by atoms with van der Waals surface area (Å²) >= 11 is 0. The first-order chi connectivity index (χ1) is 10.1. The minimum Gasteiger partial charge on any atom is -0.493 e. The monoisotopic (exact) mass is 293 g/mol. The Hall–Kier alpha value is -1.75. The molecule has 1 aliphatic rings. The average molecular weight is 293 g/mol. The molecule has 0 heterocycles. The van der Waals surface area contributed by atoms with Crippen LogP contribution >= 0.6 is 0 Å². The fourth-order valence-corrected chi connectivity index (χ4v) is 2.54. The molecule has 0 radical (unpaired) electrons. The summed E-state index contributed by atoms with van der Waals surface area (Å²) in [7, 11) is 1.53. The minimum absolute atomic E-state index is 0.0612. The second-order valence-electron chi connectivity index (χ2n) is 5.39. The van der Waals surface area contributed by atoms with E-state index in [0.29, 0.717) is 11.5 Å². The molecule has 0 saturated heterocycles. The molecule has 0 aromatic heterocycles. The fraction of sp³-hybridized carbons (Fsp3) is 0.562. The maximum atomic E-state index is 12.1. The zero-order chi connectivity index (χ0) is 15.2. The van der Waals surface area contributed by atoms with Crippen molar-refractivity contribution in [3.05, 3.63) is 23.8 Å². The summed E-state index contributed by atoms with van der Waals surface area (Å²) in [5, 5.41) is 12.1. The second kappa shape index (κ2) is 7.31. The number of carbonyl (C=O) groups excluding carboxylic acids is 1. The largest absolute Gasteiger partial charge is 0.493 e. The lowest BCUT2D eigenvalue weighted by atomic mass is 10.2. The molecule has 0 spiro atoms. The Balaban J connectivity index is 1.97. The highest BCUT2D eigenvalue weighted by molar-refractivity contribution is 5.81. The molecular formula is C16H23NO4. The molecule has 2 rings (SSSR count). The third kappa shape index (κ3) is 4.11. The molecule has 1 aromatic rings. The van der Waals surface area contributed by atoms with E-state index in [1.165, 1.54) is 20.0 Å². The van der Waals surface area contributed by atoms with Crippen molar-refractivity contribution in [1.29, 1.82) is 0 Å². The van der Waals surface area contributed by atoms with Gasteiger partial charge >= 0.3 is 0 Å². The molecule has 1 amide bonds. The van der Waals surface area contributed by atoms with Crippen LogP contribution in [0.3, 0.4) is 0 Å². The maximum Gasteiger partial charge on any atom is 0.260 e. The summed E-state index contributed by atoms with van der Waals surface area (Å²) in [6.07, 6.45) is 3.87. The van der Waals surface area contributed by atoms with Gasteiger partial charge in [0.15, 0.2) is 17.6 Å². The molecule has 21 heavy (non-hydrogen) atoms. The van der Waals surface area contributed by atoms with E-state index in [1.807, 2.05) is 0 Å². The predicted octanol–water partition coefficient (Wildman–Crippen LogP) is 2.01. The Morgan fingerprint density at radius 2 is 2.10 bits per heavy atom. The van der Waals surface area contributed by atoms with Crippen LogP contribution in [0, 0.1) is 0 Å². The smallest absolute Gasteiger partial charge is 0.260 e. The van der Waals surface area contributed by atoms with Crippen LogP contribution in [0.5, 0.6) is 11.5 Å². The first-order valence-electron chi connectivity index (χ1n) is 7.39. The molecule has 1 unspecified atom stereocenters. The molecule has 1 atom stereocenters. The van der Waals surface area contributed by atoms with Gasteiger partial charge in [-0.2, -0.15) is 0 Å².